The first-order valence-electron chi connectivity index (χ1n) is 10.9. The van der Waals surface area contributed by atoms with Crippen molar-refractivity contribution in [2.45, 2.75) is 38.8 Å². The highest BCUT2D eigenvalue weighted by molar-refractivity contribution is 5.98. The first-order valence-corrected chi connectivity index (χ1v) is 10.9. The molecule has 0 saturated carbocycles. The van der Waals surface area contributed by atoms with Gasteiger partial charge in [0.25, 0.3) is 5.91 Å². The standard InChI is InChI=1S/C25H30N2O5/c1-25(2,3)32-24(29)27-13-18(22(14-27)16-5-8-19(30-4)9-6-16)15-31-20-10-7-17-12-26-23(28)21(17)11-20/h5-11,18,22H,12-15H2,1-4H3,(H,26,28)/t18-,22+/m0/s1. The van der Waals surface area contributed by atoms with Crippen molar-refractivity contribution < 1.29 is 23.8 Å². The van der Waals surface area contributed by atoms with E-state index in [0.29, 0.717) is 37.6 Å². The summed E-state index contributed by atoms with van der Waals surface area (Å²) in [6.07, 6.45) is -0.312. The molecule has 32 heavy (non-hydrogen) atoms. The molecule has 0 spiro atoms. The van der Waals surface area contributed by atoms with Gasteiger partial charge < -0.3 is 24.4 Å². The Hall–Kier alpha value is -3.22. The normalized spacial score (nSPS) is 20.0. The minimum absolute atomic E-state index is 0.0708. The highest BCUT2D eigenvalue weighted by atomic mass is 16.6. The van der Waals surface area contributed by atoms with Crippen molar-refractivity contribution in [3.63, 3.8) is 0 Å². The molecule has 1 N–H and O–H groups in total. The van der Waals surface area contributed by atoms with Crippen molar-refractivity contribution in [1.29, 1.82) is 0 Å². The van der Waals surface area contributed by atoms with Crippen LogP contribution in [0.1, 0.15) is 48.2 Å². The quantitative estimate of drug-likeness (QED) is 0.764. The zero-order chi connectivity index (χ0) is 22.9. The van der Waals surface area contributed by atoms with Crippen molar-refractivity contribution in [3.8, 4) is 11.5 Å². The van der Waals surface area contributed by atoms with Gasteiger partial charge >= 0.3 is 6.09 Å². The minimum Gasteiger partial charge on any atom is -0.497 e. The molecule has 2 aromatic carbocycles. The molecule has 1 fully saturated rings. The molecule has 7 heteroatoms. The van der Waals surface area contributed by atoms with E-state index < -0.39 is 5.60 Å². The van der Waals surface area contributed by atoms with E-state index in [-0.39, 0.29) is 23.8 Å². The second kappa shape index (κ2) is 8.73. The molecule has 170 valence electrons. The number of carbonyl (C=O) groups is 2. The molecule has 7 nitrogen and oxygen atoms in total. The molecule has 2 amide bonds. The number of ether oxygens (including phenoxy) is 3. The van der Waals surface area contributed by atoms with Gasteiger partial charge in [0.15, 0.2) is 0 Å². The van der Waals surface area contributed by atoms with E-state index in [1.54, 1.807) is 18.1 Å². The van der Waals surface area contributed by atoms with Gasteiger partial charge in [0.1, 0.15) is 17.1 Å². The summed E-state index contributed by atoms with van der Waals surface area (Å²) in [5.74, 6) is 1.56. The third-order valence-electron chi connectivity index (χ3n) is 5.87. The van der Waals surface area contributed by atoms with E-state index >= 15 is 0 Å². The van der Waals surface area contributed by atoms with Crippen LogP contribution in [0.4, 0.5) is 4.79 Å². The van der Waals surface area contributed by atoms with Gasteiger partial charge in [-0.3, -0.25) is 4.79 Å². The summed E-state index contributed by atoms with van der Waals surface area (Å²) < 4.78 is 17.0. The van der Waals surface area contributed by atoms with E-state index in [2.05, 4.69) is 5.32 Å². The zero-order valence-corrected chi connectivity index (χ0v) is 19.0. The summed E-state index contributed by atoms with van der Waals surface area (Å²) in [6.45, 7) is 7.68. The Balaban J connectivity index is 1.50. The smallest absolute Gasteiger partial charge is 0.410 e. The van der Waals surface area contributed by atoms with Crippen molar-refractivity contribution in [2.75, 3.05) is 26.8 Å². The number of fused-ring (bicyclic) bond motifs is 1. The van der Waals surface area contributed by atoms with Crippen LogP contribution < -0.4 is 14.8 Å². The number of hydrogen-bond donors (Lipinski definition) is 1. The molecular weight excluding hydrogens is 408 g/mol. The topological polar surface area (TPSA) is 77.1 Å². The lowest BCUT2D eigenvalue weighted by atomic mass is 9.89. The lowest BCUT2D eigenvalue weighted by molar-refractivity contribution is 0.0283. The van der Waals surface area contributed by atoms with Crippen LogP contribution in [0.25, 0.3) is 0 Å². The number of methoxy groups -OCH3 is 1. The van der Waals surface area contributed by atoms with Gasteiger partial charge in [0.05, 0.1) is 13.7 Å². The maximum atomic E-state index is 12.7. The summed E-state index contributed by atoms with van der Waals surface area (Å²) in [6, 6.07) is 13.5. The maximum absolute atomic E-state index is 12.7. The molecule has 0 aliphatic carbocycles. The van der Waals surface area contributed by atoms with Gasteiger partial charge in [-0.2, -0.15) is 0 Å². The number of benzene rings is 2. The summed E-state index contributed by atoms with van der Waals surface area (Å²) >= 11 is 0. The van der Waals surface area contributed by atoms with Gasteiger partial charge in [0.2, 0.25) is 0 Å². The summed E-state index contributed by atoms with van der Waals surface area (Å²) in [5, 5.41) is 2.82. The van der Waals surface area contributed by atoms with Gasteiger partial charge in [-0.25, -0.2) is 4.79 Å². The predicted octanol–water partition coefficient (Wildman–Crippen LogP) is 3.97. The minimum atomic E-state index is -0.549. The van der Waals surface area contributed by atoms with Crippen LogP contribution in [0.2, 0.25) is 0 Å². The van der Waals surface area contributed by atoms with Gasteiger partial charge in [-0.15, -0.1) is 0 Å². The van der Waals surface area contributed by atoms with Crippen molar-refractivity contribution in [2.24, 2.45) is 5.92 Å². The lowest BCUT2D eigenvalue weighted by Gasteiger charge is -2.24. The fourth-order valence-corrected chi connectivity index (χ4v) is 4.23. The third-order valence-corrected chi connectivity index (χ3v) is 5.87. The molecule has 2 heterocycles. The molecule has 2 aromatic rings. The molecule has 0 radical (unpaired) electrons. The Bertz CT molecular complexity index is 996. The number of rotatable bonds is 5. The van der Waals surface area contributed by atoms with Crippen LogP contribution in [0.15, 0.2) is 42.5 Å². The number of nitrogens with one attached hydrogen (secondary N) is 1. The maximum Gasteiger partial charge on any atom is 0.410 e. The average molecular weight is 439 g/mol. The fourth-order valence-electron chi connectivity index (χ4n) is 4.23. The molecule has 2 atom stereocenters. The first kappa shape index (κ1) is 22.0. The molecule has 0 bridgehead atoms. The predicted molar refractivity (Wildman–Crippen MR) is 120 cm³/mol. The summed E-state index contributed by atoms with van der Waals surface area (Å²) in [7, 11) is 1.64. The summed E-state index contributed by atoms with van der Waals surface area (Å²) in [4.78, 5) is 26.4. The van der Waals surface area contributed by atoms with E-state index in [0.717, 1.165) is 16.9 Å². The second-order valence-corrected chi connectivity index (χ2v) is 9.34. The number of amides is 2. The highest BCUT2D eigenvalue weighted by Gasteiger charge is 2.38. The van der Waals surface area contributed by atoms with Crippen molar-refractivity contribution in [3.05, 3.63) is 59.2 Å². The summed E-state index contributed by atoms with van der Waals surface area (Å²) in [5.41, 5.74) is 2.22. The van der Waals surface area contributed by atoms with E-state index in [9.17, 15) is 9.59 Å². The SMILES string of the molecule is COc1ccc([C@H]2CN(C(=O)OC(C)(C)C)C[C@H]2COc2ccc3c(c2)C(=O)NC3)cc1. The van der Waals surface area contributed by atoms with Crippen molar-refractivity contribution in [1.82, 2.24) is 10.2 Å². The van der Waals surface area contributed by atoms with Crippen LogP contribution in [0, 0.1) is 5.92 Å². The molecule has 1 saturated heterocycles. The number of likely N-dealkylation sites (tertiary alicyclic amines) is 1. The number of carbonyl (C=O) groups excluding carboxylic acids is 2. The van der Waals surface area contributed by atoms with Crippen LogP contribution >= 0.6 is 0 Å². The fraction of sp³-hybridized carbons (Fsp3) is 0.440. The highest BCUT2D eigenvalue weighted by Crippen LogP contribution is 2.35. The first-order chi connectivity index (χ1) is 15.2. The van der Waals surface area contributed by atoms with Crippen LogP contribution in [-0.2, 0) is 11.3 Å². The Morgan fingerprint density at radius 3 is 2.50 bits per heavy atom. The number of hydrogen-bond acceptors (Lipinski definition) is 5. The van der Waals surface area contributed by atoms with Crippen molar-refractivity contribution >= 4 is 12.0 Å². The zero-order valence-electron chi connectivity index (χ0n) is 19.0. The molecular formula is C25H30N2O5. The van der Waals surface area contributed by atoms with Gasteiger partial charge in [-0.05, 0) is 56.2 Å². The van der Waals surface area contributed by atoms with Crippen LogP contribution in [0.3, 0.4) is 0 Å². The molecule has 2 aliphatic heterocycles. The monoisotopic (exact) mass is 438 g/mol. The Kier molecular flexibility index (Phi) is 6.00. The Labute approximate surface area is 188 Å². The molecule has 0 unspecified atom stereocenters. The van der Waals surface area contributed by atoms with Gasteiger partial charge in [-0.1, -0.05) is 18.2 Å². The second-order valence-electron chi connectivity index (χ2n) is 9.34. The Morgan fingerprint density at radius 1 is 1.09 bits per heavy atom. The number of nitrogens with zero attached hydrogens (tertiary/aromatic N) is 1. The van der Waals surface area contributed by atoms with E-state index in [1.165, 1.54) is 0 Å². The molecule has 0 aromatic heterocycles. The van der Waals surface area contributed by atoms with E-state index in [4.69, 9.17) is 14.2 Å². The average Bonchev–Trinajstić information content (AvgIpc) is 3.35. The lowest BCUT2D eigenvalue weighted by Crippen LogP contribution is -2.35. The largest absolute Gasteiger partial charge is 0.497 e. The third kappa shape index (κ3) is 4.82. The molecule has 2 aliphatic rings. The molecule has 4 rings (SSSR count). The Morgan fingerprint density at radius 2 is 1.81 bits per heavy atom. The van der Waals surface area contributed by atoms with E-state index in [1.807, 2.05) is 57.2 Å². The van der Waals surface area contributed by atoms with Crippen LogP contribution in [0.5, 0.6) is 11.5 Å². The van der Waals surface area contributed by atoms with Gasteiger partial charge in [0, 0.05) is 37.0 Å². The van der Waals surface area contributed by atoms with Crippen LogP contribution in [-0.4, -0.2) is 49.3 Å².